The highest BCUT2D eigenvalue weighted by Crippen LogP contribution is 2.02. The molecule has 0 aliphatic rings. The van der Waals surface area contributed by atoms with Gasteiger partial charge in [-0.2, -0.15) is 0 Å². The zero-order valence-corrected chi connectivity index (χ0v) is 11.9. The Morgan fingerprint density at radius 2 is 1.67 bits per heavy atom. The first-order valence-electron chi connectivity index (χ1n) is 6.83. The Hall–Kier alpha value is -2.56. The van der Waals surface area contributed by atoms with Gasteiger partial charge >= 0.3 is 0 Å². The van der Waals surface area contributed by atoms with E-state index in [4.69, 9.17) is 4.42 Å². The smallest absolute Gasteiger partial charge is 0.286 e. The zero-order valence-electron chi connectivity index (χ0n) is 11.9. The van der Waals surface area contributed by atoms with E-state index in [1.54, 1.807) is 24.3 Å². The lowest BCUT2D eigenvalue weighted by atomic mass is 10.1. The van der Waals surface area contributed by atoms with Crippen LogP contribution in [0.4, 0.5) is 0 Å². The van der Waals surface area contributed by atoms with Crippen molar-refractivity contribution in [3.8, 4) is 0 Å². The molecule has 0 aliphatic heterocycles. The maximum atomic E-state index is 11.8. The van der Waals surface area contributed by atoms with E-state index in [0.29, 0.717) is 30.8 Å². The monoisotopic (exact) mass is 286 g/mol. The number of furan rings is 1. The van der Waals surface area contributed by atoms with Crippen molar-refractivity contribution in [2.45, 2.75) is 13.3 Å². The van der Waals surface area contributed by atoms with Crippen molar-refractivity contribution in [2.24, 2.45) is 0 Å². The summed E-state index contributed by atoms with van der Waals surface area (Å²) in [5.41, 5.74) is 1.76. The highest BCUT2D eigenvalue weighted by atomic mass is 16.3. The minimum absolute atomic E-state index is 0.104. The average molecular weight is 286 g/mol. The summed E-state index contributed by atoms with van der Waals surface area (Å²) in [6, 6.07) is 10.7. The van der Waals surface area contributed by atoms with Crippen molar-refractivity contribution < 1.29 is 14.0 Å². The molecular formula is C16H18N2O3. The van der Waals surface area contributed by atoms with E-state index in [0.717, 1.165) is 5.56 Å². The molecule has 0 radical (unpaired) electrons. The number of carbonyl (C=O) groups excluding carboxylic acids is 2. The van der Waals surface area contributed by atoms with Gasteiger partial charge < -0.3 is 15.1 Å². The van der Waals surface area contributed by atoms with Gasteiger partial charge in [-0.25, -0.2) is 0 Å². The van der Waals surface area contributed by atoms with Gasteiger partial charge in [-0.15, -0.1) is 0 Å². The Morgan fingerprint density at radius 1 is 1.00 bits per heavy atom. The molecule has 110 valence electrons. The predicted molar refractivity (Wildman–Crippen MR) is 79.2 cm³/mol. The molecule has 0 bridgehead atoms. The van der Waals surface area contributed by atoms with Crippen LogP contribution in [0, 0.1) is 6.92 Å². The molecule has 1 aromatic heterocycles. The second-order valence-electron chi connectivity index (χ2n) is 4.71. The first-order valence-corrected chi connectivity index (χ1v) is 6.83. The molecule has 2 N–H and O–H groups in total. The van der Waals surface area contributed by atoms with Crippen LogP contribution in [0.2, 0.25) is 0 Å². The van der Waals surface area contributed by atoms with E-state index in [1.165, 1.54) is 6.26 Å². The maximum absolute atomic E-state index is 11.8. The Bertz CT molecular complexity index is 588. The summed E-state index contributed by atoms with van der Waals surface area (Å²) in [7, 11) is 0. The fourth-order valence-electron chi connectivity index (χ4n) is 1.79. The summed E-state index contributed by atoms with van der Waals surface area (Å²) in [6.45, 7) is 2.96. The lowest BCUT2D eigenvalue weighted by Crippen LogP contribution is -2.29. The second-order valence-corrected chi connectivity index (χ2v) is 4.71. The topological polar surface area (TPSA) is 71.3 Å². The molecule has 21 heavy (non-hydrogen) atoms. The largest absolute Gasteiger partial charge is 0.459 e. The molecule has 5 heteroatoms. The van der Waals surface area contributed by atoms with Gasteiger partial charge in [0.2, 0.25) is 0 Å². The van der Waals surface area contributed by atoms with Gasteiger partial charge in [0.15, 0.2) is 5.76 Å². The van der Waals surface area contributed by atoms with E-state index in [1.807, 2.05) is 19.1 Å². The van der Waals surface area contributed by atoms with Crippen molar-refractivity contribution in [1.82, 2.24) is 10.6 Å². The number of carbonyl (C=O) groups is 2. The number of amides is 2. The van der Waals surface area contributed by atoms with Crippen molar-refractivity contribution in [1.29, 1.82) is 0 Å². The Morgan fingerprint density at radius 3 is 2.29 bits per heavy atom. The van der Waals surface area contributed by atoms with Crippen molar-refractivity contribution in [3.63, 3.8) is 0 Å². The van der Waals surface area contributed by atoms with Crippen LogP contribution in [0.25, 0.3) is 0 Å². The van der Waals surface area contributed by atoms with E-state index >= 15 is 0 Å². The van der Waals surface area contributed by atoms with E-state index in [-0.39, 0.29) is 11.8 Å². The lowest BCUT2D eigenvalue weighted by molar-refractivity contribution is 0.0925. The summed E-state index contributed by atoms with van der Waals surface area (Å²) in [4.78, 5) is 23.4. The predicted octanol–water partition coefficient (Wildman–Crippen LogP) is 2.14. The fourth-order valence-corrected chi connectivity index (χ4v) is 1.79. The number of hydrogen-bond acceptors (Lipinski definition) is 3. The molecule has 1 aromatic carbocycles. The van der Waals surface area contributed by atoms with Crippen LogP contribution in [-0.4, -0.2) is 24.9 Å². The molecule has 0 fully saturated rings. The SMILES string of the molecule is Cc1ccc(C(=O)NCCCNC(=O)c2ccco2)cc1. The Labute approximate surface area is 123 Å². The number of hydrogen-bond donors (Lipinski definition) is 2. The number of nitrogens with one attached hydrogen (secondary N) is 2. The van der Waals surface area contributed by atoms with Gasteiger partial charge in [-0.1, -0.05) is 17.7 Å². The van der Waals surface area contributed by atoms with Gasteiger partial charge in [0, 0.05) is 18.7 Å². The molecule has 0 spiro atoms. The molecule has 1 heterocycles. The molecule has 0 unspecified atom stereocenters. The Balaban J connectivity index is 1.64. The van der Waals surface area contributed by atoms with Crippen LogP contribution >= 0.6 is 0 Å². The molecule has 0 saturated heterocycles. The fraction of sp³-hybridized carbons (Fsp3) is 0.250. The normalized spacial score (nSPS) is 10.1. The molecule has 2 rings (SSSR count). The number of rotatable bonds is 6. The maximum Gasteiger partial charge on any atom is 0.286 e. The third kappa shape index (κ3) is 4.49. The van der Waals surface area contributed by atoms with Crippen LogP contribution in [0.15, 0.2) is 47.1 Å². The van der Waals surface area contributed by atoms with Crippen LogP contribution in [0.1, 0.15) is 32.9 Å². The first kappa shape index (κ1) is 14.8. The molecule has 5 nitrogen and oxygen atoms in total. The van der Waals surface area contributed by atoms with Gasteiger partial charge in [0.05, 0.1) is 6.26 Å². The number of aryl methyl sites for hydroxylation is 1. The standard InChI is InChI=1S/C16H18N2O3/c1-12-5-7-13(8-6-12)15(19)17-9-3-10-18-16(20)14-4-2-11-21-14/h2,4-8,11H,3,9-10H2,1H3,(H,17,19)(H,18,20). The van der Waals surface area contributed by atoms with Gasteiger partial charge in [0.25, 0.3) is 11.8 Å². The number of benzene rings is 1. The summed E-state index contributed by atoms with van der Waals surface area (Å²) < 4.78 is 4.98. The molecule has 2 amide bonds. The molecule has 0 aliphatic carbocycles. The van der Waals surface area contributed by atoms with Crippen LogP contribution in [-0.2, 0) is 0 Å². The van der Waals surface area contributed by atoms with Crippen LogP contribution in [0.3, 0.4) is 0 Å². The summed E-state index contributed by atoms with van der Waals surface area (Å²) in [6.07, 6.45) is 2.11. The highest BCUT2D eigenvalue weighted by Gasteiger charge is 2.07. The minimum Gasteiger partial charge on any atom is -0.459 e. The second kappa shape index (κ2) is 7.28. The van der Waals surface area contributed by atoms with Gasteiger partial charge in [-0.3, -0.25) is 9.59 Å². The highest BCUT2D eigenvalue weighted by molar-refractivity contribution is 5.94. The third-order valence-electron chi connectivity index (χ3n) is 2.98. The molecule has 0 saturated carbocycles. The minimum atomic E-state index is -0.245. The van der Waals surface area contributed by atoms with Crippen molar-refractivity contribution >= 4 is 11.8 Å². The van der Waals surface area contributed by atoms with Gasteiger partial charge in [-0.05, 0) is 37.6 Å². The van der Waals surface area contributed by atoms with E-state index in [9.17, 15) is 9.59 Å². The van der Waals surface area contributed by atoms with E-state index in [2.05, 4.69) is 10.6 Å². The third-order valence-corrected chi connectivity index (χ3v) is 2.98. The Kier molecular flexibility index (Phi) is 5.15. The zero-order chi connectivity index (χ0) is 15.1. The summed E-state index contributed by atoms with van der Waals surface area (Å²) in [5.74, 6) is -0.0593. The molecular weight excluding hydrogens is 268 g/mol. The summed E-state index contributed by atoms with van der Waals surface area (Å²) >= 11 is 0. The quantitative estimate of drug-likeness (QED) is 0.799. The lowest BCUT2D eigenvalue weighted by Gasteiger charge is -2.06. The summed E-state index contributed by atoms with van der Waals surface area (Å²) in [5, 5.41) is 5.54. The molecule has 0 atom stereocenters. The van der Waals surface area contributed by atoms with Crippen molar-refractivity contribution in [3.05, 3.63) is 59.5 Å². The van der Waals surface area contributed by atoms with Crippen molar-refractivity contribution in [2.75, 3.05) is 13.1 Å². The van der Waals surface area contributed by atoms with Crippen LogP contribution in [0.5, 0.6) is 0 Å². The van der Waals surface area contributed by atoms with E-state index < -0.39 is 0 Å². The average Bonchev–Trinajstić information content (AvgIpc) is 3.01. The molecule has 2 aromatic rings. The first-order chi connectivity index (χ1) is 10.2. The van der Waals surface area contributed by atoms with Gasteiger partial charge in [0.1, 0.15) is 0 Å². The van der Waals surface area contributed by atoms with Crippen LogP contribution < -0.4 is 10.6 Å².